The molecular weight excluding hydrogens is 416 g/mol. The molecular formula is C20H22BrClN2O2. The highest BCUT2D eigenvalue weighted by atomic mass is 79.9. The Kier molecular flexibility index (Phi) is 7.08. The quantitative estimate of drug-likeness (QED) is 0.747. The molecule has 6 heteroatoms. The molecule has 0 aliphatic carbocycles. The maximum atomic E-state index is 12.2. The summed E-state index contributed by atoms with van der Waals surface area (Å²) in [5.74, 6) is 0.0513. The SMILES string of the molecule is O=C(CN1CCOC(c2ccc(Br)cc2)C1)NCCc1ccc(Cl)cc1. The lowest BCUT2D eigenvalue weighted by Gasteiger charge is -2.32. The molecule has 1 aliphatic heterocycles. The second kappa shape index (κ2) is 9.51. The number of nitrogens with one attached hydrogen (secondary N) is 1. The molecule has 0 saturated carbocycles. The van der Waals surface area contributed by atoms with Gasteiger partial charge in [-0.2, -0.15) is 0 Å². The molecule has 1 heterocycles. The number of hydrogen-bond acceptors (Lipinski definition) is 3. The number of ether oxygens (including phenoxy) is 1. The summed E-state index contributed by atoms with van der Waals surface area (Å²) in [4.78, 5) is 14.4. The third-order valence-electron chi connectivity index (χ3n) is 4.41. The van der Waals surface area contributed by atoms with Crippen molar-refractivity contribution in [2.75, 3.05) is 32.8 Å². The van der Waals surface area contributed by atoms with Gasteiger partial charge in [-0.1, -0.05) is 51.8 Å². The van der Waals surface area contributed by atoms with E-state index in [0.717, 1.165) is 40.1 Å². The Bertz CT molecular complexity index is 722. The number of halogens is 2. The third kappa shape index (κ3) is 5.81. The lowest BCUT2D eigenvalue weighted by atomic mass is 10.1. The topological polar surface area (TPSA) is 41.6 Å². The zero-order valence-corrected chi connectivity index (χ0v) is 16.8. The number of morpholine rings is 1. The minimum Gasteiger partial charge on any atom is -0.371 e. The van der Waals surface area contributed by atoms with Crippen LogP contribution in [0.1, 0.15) is 17.2 Å². The molecule has 1 saturated heterocycles. The average molecular weight is 438 g/mol. The van der Waals surface area contributed by atoms with Crippen molar-refractivity contribution in [3.8, 4) is 0 Å². The van der Waals surface area contributed by atoms with Gasteiger partial charge in [0.2, 0.25) is 5.91 Å². The van der Waals surface area contributed by atoms with E-state index in [1.807, 2.05) is 36.4 Å². The standard InChI is InChI=1S/C20H22BrClN2O2/c21-17-5-3-16(4-6-17)19-13-24(11-12-26-19)14-20(25)23-10-9-15-1-7-18(22)8-2-15/h1-8,19H,9-14H2,(H,23,25). The molecule has 1 amide bonds. The van der Waals surface area contributed by atoms with Crippen LogP contribution in [0.4, 0.5) is 0 Å². The van der Waals surface area contributed by atoms with Gasteiger partial charge < -0.3 is 10.1 Å². The second-order valence-corrected chi connectivity index (χ2v) is 7.72. The maximum absolute atomic E-state index is 12.2. The number of amides is 1. The molecule has 0 radical (unpaired) electrons. The first-order chi connectivity index (χ1) is 12.6. The molecule has 1 unspecified atom stereocenters. The number of nitrogens with zero attached hydrogens (tertiary/aromatic N) is 1. The molecule has 1 atom stereocenters. The van der Waals surface area contributed by atoms with E-state index in [-0.39, 0.29) is 12.0 Å². The first-order valence-electron chi connectivity index (χ1n) is 8.71. The van der Waals surface area contributed by atoms with Gasteiger partial charge in [-0.25, -0.2) is 0 Å². The third-order valence-corrected chi connectivity index (χ3v) is 5.19. The smallest absolute Gasteiger partial charge is 0.234 e. The molecule has 0 spiro atoms. The summed E-state index contributed by atoms with van der Waals surface area (Å²) in [5.41, 5.74) is 2.30. The summed E-state index contributed by atoms with van der Waals surface area (Å²) in [6, 6.07) is 15.9. The van der Waals surface area contributed by atoms with Gasteiger partial charge >= 0.3 is 0 Å². The summed E-state index contributed by atoms with van der Waals surface area (Å²) >= 11 is 9.33. The first-order valence-corrected chi connectivity index (χ1v) is 9.88. The average Bonchev–Trinajstić information content (AvgIpc) is 2.64. The van der Waals surface area contributed by atoms with Crippen LogP contribution in [0.2, 0.25) is 5.02 Å². The van der Waals surface area contributed by atoms with Crippen molar-refractivity contribution in [2.45, 2.75) is 12.5 Å². The molecule has 2 aromatic rings. The van der Waals surface area contributed by atoms with Crippen LogP contribution in [0.25, 0.3) is 0 Å². The highest BCUT2D eigenvalue weighted by Gasteiger charge is 2.23. The van der Waals surface area contributed by atoms with Gasteiger partial charge in [0, 0.05) is 29.1 Å². The predicted molar refractivity (Wildman–Crippen MR) is 107 cm³/mol. The summed E-state index contributed by atoms with van der Waals surface area (Å²) in [6.45, 7) is 3.17. The van der Waals surface area contributed by atoms with Crippen LogP contribution in [0.5, 0.6) is 0 Å². The highest BCUT2D eigenvalue weighted by Crippen LogP contribution is 2.23. The molecule has 138 valence electrons. The van der Waals surface area contributed by atoms with E-state index >= 15 is 0 Å². The zero-order valence-electron chi connectivity index (χ0n) is 14.5. The Morgan fingerprint density at radius 2 is 1.92 bits per heavy atom. The lowest BCUT2D eigenvalue weighted by molar-refractivity contribution is -0.124. The largest absolute Gasteiger partial charge is 0.371 e. The van der Waals surface area contributed by atoms with Crippen molar-refractivity contribution in [3.05, 3.63) is 69.2 Å². The van der Waals surface area contributed by atoms with Gasteiger partial charge in [0.05, 0.1) is 19.3 Å². The van der Waals surface area contributed by atoms with Crippen LogP contribution >= 0.6 is 27.5 Å². The van der Waals surface area contributed by atoms with Crippen LogP contribution < -0.4 is 5.32 Å². The molecule has 1 fully saturated rings. The molecule has 2 aromatic carbocycles. The Labute approximate surface area is 167 Å². The summed E-state index contributed by atoms with van der Waals surface area (Å²) in [7, 11) is 0. The van der Waals surface area contributed by atoms with Crippen LogP contribution in [-0.4, -0.2) is 43.6 Å². The number of carbonyl (C=O) groups excluding carboxylic acids is 1. The summed E-state index contributed by atoms with van der Waals surface area (Å²) in [5, 5.41) is 3.72. The molecule has 3 rings (SSSR count). The Hall–Kier alpha value is -1.40. The van der Waals surface area contributed by atoms with Crippen molar-refractivity contribution < 1.29 is 9.53 Å². The predicted octanol–water partition coefficient (Wildman–Crippen LogP) is 3.83. The van der Waals surface area contributed by atoms with E-state index in [1.54, 1.807) is 0 Å². The van der Waals surface area contributed by atoms with E-state index < -0.39 is 0 Å². The minimum absolute atomic E-state index is 0.0127. The van der Waals surface area contributed by atoms with Gasteiger partial charge in [0.25, 0.3) is 0 Å². The Morgan fingerprint density at radius 1 is 1.19 bits per heavy atom. The van der Waals surface area contributed by atoms with Crippen molar-refractivity contribution in [1.29, 1.82) is 0 Å². The molecule has 0 aromatic heterocycles. The fraction of sp³-hybridized carbons (Fsp3) is 0.350. The number of benzene rings is 2. The fourth-order valence-electron chi connectivity index (χ4n) is 2.98. The normalized spacial score (nSPS) is 17.8. The van der Waals surface area contributed by atoms with Gasteiger partial charge in [-0.3, -0.25) is 9.69 Å². The van der Waals surface area contributed by atoms with E-state index in [2.05, 4.69) is 38.3 Å². The summed E-state index contributed by atoms with van der Waals surface area (Å²) < 4.78 is 6.91. The maximum Gasteiger partial charge on any atom is 0.234 e. The van der Waals surface area contributed by atoms with E-state index in [9.17, 15) is 4.79 Å². The van der Waals surface area contributed by atoms with Crippen molar-refractivity contribution in [1.82, 2.24) is 10.2 Å². The minimum atomic E-state index is 0.0127. The Balaban J connectivity index is 1.43. The van der Waals surface area contributed by atoms with E-state index in [4.69, 9.17) is 16.3 Å². The van der Waals surface area contributed by atoms with E-state index in [0.29, 0.717) is 19.7 Å². The highest BCUT2D eigenvalue weighted by molar-refractivity contribution is 9.10. The number of rotatable bonds is 6. The van der Waals surface area contributed by atoms with Gasteiger partial charge in [-0.05, 0) is 41.8 Å². The number of hydrogen-bond donors (Lipinski definition) is 1. The summed E-state index contributed by atoms with van der Waals surface area (Å²) in [6.07, 6.45) is 0.812. The molecule has 4 nitrogen and oxygen atoms in total. The van der Waals surface area contributed by atoms with Gasteiger partial charge in [-0.15, -0.1) is 0 Å². The fourth-order valence-corrected chi connectivity index (χ4v) is 3.37. The van der Waals surface area contributed by atoms with Crippen LogP contribution in [0, 0.1) is 0 Å². The van der Waals surface area contributed by atoms with E-state index in [1.165, 1.54) is 0 Å². The first kappa shape index (κ1) is 19.4. The Morgan fingerprint density at radius 3 is 2.65 bits per heavy atom. The van der Waals surface area contributed by atoms with Gasteiger partial charge in [0.15, 0.2) is 0 Å². The molecule has 1 N–H and O–H groups in total. The molecule has 1 aliphatic rings. The van der Waals surface area contributed by atoms with Crippen LogP contribution in [0.15, 0.2) is 53.0 Å². The molecule has 26 heavy (non-hydrogen) atoms. The number of carbonyl (C=O) groups is 1. The van der Waals surface area contributed by atoms with Crippen molar-refractivity contribution in [2.24, 2.45) is 0 Å². The van der Waals surface area contributed by atoms with Crippen LogP contribution in [0.3, 0.4) is 0 Å². The second-order valence-electron chi connectivity index (χ2n) is 6.37. The van der Waals surface area contributed by atoms with Crippen molar-refractivity contribution >= 4 is 33.4 Å². The lowest BCUT2D eigenvalue weighted by Crippen LogP contribution is -2.44. The van der Waals surface area contributed by atoms with Crippen molar-refractivity contribution in [3.63, 3.8) is 0 Å². The monoisotopic (exact) mass is 436 g/mol. The van der Waals surface area contributed by atoms with Gasteiger partial charge in [0.1, 0.15) is 0 Å². The molecule has 0 bridgehead atoms. The zero-order chi connectivity index (χ0) is 18.4. The van der Waals surface area contributed by atoms with Crippen LogP contribution in [-0.2, 0) is 16.0 Å².